The number of morpholine rings is 1. The van der Waals surface area contributed by atoms with E-state index in [-0.39, 0.29) is 28.2 Å². The highest BCUT2D eigenvalue weighted by Crippen LogP contribution is 2.29. The molecule has 0 aliphatic carbocycles. The van der Waals surface area contributed by atoms with Gasteiger partial charge >= 0.3 is 0 Å². The molecule has 8 nitrogen and oxygen atoms in total. The number of carbonyl (C=O) groups is 1. The smallest absolute Gasteiger partial charge is 0.260 e. The summed E-state index contributed by atoms with van der Waals surface area (Å²) in [6.45, 7) is 3.69. The van der Waals surface area contributed by atoms with Crippen molar-refractivity contribution in [2.45, 2.75) is 4.90 Å². The molecule has 0 spiro atoms. The first-order chi connectivity index (χ1) is 15.8. The quantitative estimate of drug-likeness (QED) is 0.590. The molecule has 1 amide bonds. The molecule has 0 radical (unpaired) electrons. The van der Waals surface area contributed by atoms with Crippen LogP contribution in [0.4, 0.5) is 5.69 Å². The minimum absolute atomic E-state index is 0.0882. The molecule has 2 aliphatic rings. The van der Waals surface area contributed by atoms with Gasteiger partial charge in [-0.05, 0) is 36.4 Å². The second-order valence-electron chi connectivity index (χ2n) is 7.75. The van der Waals surface area contributed by atoms with Gasteiger partial charge in [-0.3, -0.25) is 4.79 Å². The summed E-state index contributed by atoms with van der Waals surface area (Å²) < 4.78 is 37.7. The van der Waals surface area contributed by atoms with E-state index in [1.165, 1.54) is 22.5 Å². The Hall–Kier alpha value is -2.04. The zero-order chi connectivity index (χ0) is 23.4. The molecule has 0 aromatic heterocycles. The van der Waals surface area contributed by atoms with Crippen LogP contribution in [-0.2, 0) is 19.6 Å². The predicted octanol–water partition coefficient (Wildman–Crippen LogP) is 2.74. The standard InChI is InChI=1S/C22H25Cl2N3O5S/c23-17-2-1-3-18(14-17)25-6-8-26(9-7-25)22(28)16-32-21-5-4-19(15-20(21)24)33(29,30)27-10-12-31-13-11-27/h1-5,14-15H,6-13,16H2. The third kappa shape index (κ3) is 5.73. The molecular weight excluding hydrogens is 489 g/mol. The number of hydrogen-bond acceptors (Lipinski definition) is 6. The van der Waals surface area contributed by atoms with E-state index >= 15 is 0 Å². The maximum absolute atomic E-state index is 12.8. The van der Waals surface area contributed by atoms with Gasteiger partial charge in [0, 0.05) is 50.0 Å². The largest absolute Gasteiger partial charge is 0.482 e. The van der Waals surface area contributed by atoms with E-state index in [9.17, 15) is 13.2 Å². The normalized spacial score (nSPS) is 17.8. The van der Waals surface area contributed by atoms with Gasteiger partial charge in [0.25, 0.3) is 5.91 Å². The van der Waals surface area contributed by atoms with Crippen molar-refractivity contribution in [1.29, 1.82) is 0 Å². The van der Waals surface area contributed by atoms with Crippen LogP contribution in [0.3, 0.4) is 0 Å². The Labute approximate surface area is 203 Å². The fourth-order valence-electron chi connectivity index (χ4n) is 3.81. The molecule has 2 fully saturated rings. The summed E-state index contributed by atoms with van der Waals surface area (Å²) in [6, 6.07) is 11.9. The number of sulfonamides is 1. The van der Waals surface area contributed by atoms with Crippen LogP contribution in [0.1, 0.15) is 0 Å². The molecular formula is C22H25Cl2N3O5S. The SMILES string of the molecule is O=C(COc1ccc(S(=O)(=O)N2CCOCC2)cc1Cl)N1CCN(c2cccc(Cl)c2)CC1. The van der Waals surface area contributed by atoms with Crippen molar-refractivity contribution in [1.82, 2.24) is 9.21 Å². The van der Waals surface area contributed by atoms with E-state index in [0.717, 1.165) is 5.69 Å². The number of nitrogens with zero attached hydrogens (tertiary/aromatic N) is 3. The summed E-state index contributed by atoms with van der Waals surface area (Å²) in [7, 11) is -3.66. The lowest BCUT2D eigenvalue weighted by molar-refractivity contribution is -0.133. The van der Waals surface area contributed by atoms with Gasteiger partial charge in [0.15, 0.2) is 6.61 Å². The highest BCUT2D eigenvalue weighted by atomic mass is 35.5. The van der Waals surface area contributed by atoms with Gasteiger partial charge in [-0.15, -0.1) is 0 Å². The van der Waals surface area contributed by atoms with Crippen molar-refractivity contribution in [2.24, 2.45) is 0 Å². The first-order valence-corrected chi connectivity index (χ1v) is 12.8. The van der Waals surface area contributed by atoms with E-state index in [0.29, 0.717) is 57.5 Å². The molecule has 2 heterocycles. The summed E-state index contributed by atoms with van der Waals surface area (Å²) in [5, 5.41) is 0.822. The summed E-state index contributed by atoms with van der Waals surface area (Å²) >= 11 is 12.3. The number of carbonyl (C=O) groups excluding carboxylic acids is 1. The highest BCUT2D eigenvalue weighted by Gasteiger charge is 2.27. The van der Waals surface area contributed by atoms with Crippen LogP contribution in [0.5, 0.6) is 5.75 Å². The molecule has 2 aromatic carbocycles. The van der Waals surface area contributed by atoms with Crippen LogP contribution in [0, 0.1) is 0 Å². The van der Waals surface area contributed by atoms with E-state index in [4.69, 9.17) is 32.7 Å². The van der Waals surface area contributed by atoms with Crippen LogP contribution in [-0.4, -0.2) is 82.6 Å². The summed E-state index contributed by atoms with van der Waals surface area (Å²) in [5.74, 6) is 0.116. The number of piperazine rings is 1. The fraction of sp³-hybridized carbons (Fsp3) is 0.409. The molecule has 0 bridgehead atoms. The number of anilines is 1. The number of ether oxygens (including phenoxy) is 2. The van der Waals surface area contributed by atoms with Crippen LogP contribution >= 0.6 is 23.2 Å². The molecule has 0 atom stereocenters. The minimum atomic E-state index is -3.66. The van der Waals surface area contributed by atoms with Crippen LogP contribution in [0.15, 0.2) is 47.4 Å². The van der Waals surface area contributed by atoms with Crippen molar-refractivity contribution in [3.8, 4) is 5.75 Å². The highest BCUT2D eigenvalue weighted by molar-refractivity contribution is 7.89. The third-order valence-corrected chi connectivity index (χ3v) is 8.09. The maximum Gasteiger partial charge on any atom is 0.260 e. The Bertz CT molecular complexity index is 1100. The molecule has 33 heavy (non-hydrogen) atoms. The first kappa shape index (κ1) is 24.1. The number of amides is 1. The van der Waals surface area contributed by atoms with Gasteiger partial charge in [0.05, 0.1) is 23.1 Å². The zero-order valence-electron chi connectivity index (χ0n) is 18.0. The van der Waals surface area contributed by atoms with E-state index in [1.54, 1.807) is 4.90 Å². The van der Waals surface area contributed by atoms with Crippen molar-refractivity contribution < 1.29 is 22.7 Å². The first-order valence-electron chi connectivity index (χ1n) is 10.6. The zero-order valence-corrected chi connectivity index (χ0v) is 20.3. The van der Waals surface area contributed by atoms with E-state index < -0.39 is 10.0 Å². The summed E-state index contributed by atoms with van der Waals surface area (Å²) in [6.07, 6.45) is 0. The molecule has 0 saturated carbocycles. The van der Waals surface area contributed by atoms with Crippen molar-refractivity contribution in [2.75, 3.05) is 64.0 Å². The van der Waals surface area contributed by atoms with Gasteiger partial charge < -0.3 is 19.3 Å². The van der Waals surface area contributed by atoms with Crippen molar-refractivity contribution >= 4 is 44.8 Å². The Morgan fingerprint density at radius 1 is 0.970 bits per heavy atom. The predicted molar refractivity (Wildman–Crippen MR) is 127 cm³/mol. The third-order valence-electron chi connectivity index (χ3n) is 5.67. The van der Waals surface area contributed by atoms with Gasteiger partial charge in [-0.25, -0.2) is 8.42 Å². The lowest BCUT2D eigenvalue weighted by atomic mass is 10.2. The molecule has 2 aromatic rings. The topological polar surface area (TPSA) is 79.4 Å². The van der Waals surface area contributed by atoms with Crippen molar-refractivity contribution in [3.05, 3.63) is 52.5 Å². The van der Waals surface area contributed by atoms with Gasteiger partial charge in [0.1, 0.15) is 5.75 Å². The van der Waals surface area contributed by atoms with Crippen molar-refractivity contribution in [3.63, 3.8) is 0 Å². The Morgan fingerprint density at radius 2 is 1.70 bits per heavy atom. The van der Waals surface area contributed by atoms with Crippen LogP contribution in [0.2, 0.25) is 10.0 Å². The minimum Gasteiger partial charge on any atom is -0.482 e. The van der Waals surface area contributed by atoms with Gasteiger partial charge in [-0.1, -0.05) is 29.3 Å². The van der Waals surface area contributed by atoms with Gasteiger partial charge in [0.2, 0.25) is 10.0 Å². The van der Waals surface area contributed by atoms with E-state index in [1.807, 2.05) is 24.3 Å². The number of halogens is 2. The monoisotopic (exact) mass is 513 g/mol. The lowest BCUT2D eigenvalue weighted by Gasteiger charge is -2.36. The molecule has 2 aliphatic heterocycles. The Morgan fingerprint density at radius 3 is 2.36 bits per heavy atom. The van der Waals surface area contributed by atoms with Crippen LogP contribution < -0.4 is 9.64 Å². The van der Waals surface area contributed by atoms with E-state index in [2.05, 4.69) is 4.90 Å². The molecule has 4 rings (SSSR count). The van der Waals surface area contributed by atoms with Crippen LogP contribution in [0.25, 0.3) is 0 Å². The lowest BCUT2D eigenvalue weighted by Crippen LogP contribution is -2.50. The molecule has 178 valence electrons. The fourth-order valence-corrected chi connectivity index (χ4v) is 5.73. The number of rotatable bonds is 6. The number of hydrogen-bond donors (Lipinski definition) is 0. The average molecular weight is 514 g/mol. The Kier molecular flexibility index (Phi) is 7.65. The molecule has 11 heteroatoms. The molecule has 2 saturated heterocycles. The maximum atomic E-state index is 12.8. The average Bonchev–Trinajstić information content (AvgIpc) is 2.83. The second-order valence-corrected chi connectivity index (χ2v) is 10.5. The Balaban J connectivity index is 1.31. The summed E-state index contributed by atoms with van der Waals surface area (Å²) in [5.41, 5.74) is 1.03. The molecule has 0 N–H and O–H groups in total. The second kappa shape index (κ2) is 10.5. The molecule has 0 unspecified atom stereocenters. The number of benzene rings is 2. The summed E-state index contributed by atoms with van der Waals surface area (Å²) in [4.78, 5) is 16.6. The van der Waals surface area contributed by atoms with Gasteiger partial charge in [-0.2, -0.15) is 4.31 Å².